The molecule has 0 saturated heterocycles. The molecule has 1 aliphatic rings. The highest BCUT2D eigenvalue weighted by Crippen LogP contribution is 2.42. The molecular weight excluding hydrogens is 533 g/mol. The molecule has 1 heterocycles. The van der Waals surface area contributed by atoms with Crippen molar-refractivity contribution in [3.05, 3.63) is 142 Å². The van der Waals surface area contributed by atoms with Gasteiger partial charge in [-0.15, -0.1) is 0 Å². The van der Waals surface area contributed by atoms with Crippen molar-refractivity contribution in [2.75, 3.05) is 4.90 Å². The van der Waals surface area contributed by atoms with E-state index >= 15 is 0 Å². The summed E-state index contributed by atoms with van der Waals surface area (Å²) in [7, 11) is 0. The van der Waals surface area contributed by atoms with Gasteiger partial charge < -0.3 is 10.2 Å². The van der Waals surface area contributed by atoms with Crippen LogP contribution in [0, 0.1) is 0 Å². The molecule has 1 aliphatic heterocycles. The van der Waals surface area contributed by atoms with Gasteiger partial charge in [-0.3, -0.25) is 9.59 Å². The van der Waals surface area contributed by atoms with Crippen molar-refractivity contribution in [1.82, 2.24) is 5.32 Å². The van der Waals surface area contributed by atoms with Crippen LogP contribution in [0.2, 0.25) is 0 Å². The van der Waals surface area contributed by atoms with Crippen molar-refractivity contribution in [1.29, 1.82) is 0 Å². The molecule has 0 spiro atoms. The number of thioether (sulfide) groups is 1. The number of anilines is 1. The number of nitrogens with one attached hydrogen (secondary N) is 1. The maximum atomic E-state index is 13.6. The van der Waals surface area contributed by atoms with Crippen LogP contribution in [0.5, 0.6) is 0 Å². The molecule has 1 atom stereocenters. The summed E-state index contributed by atoms with van der Waals surface area (Å²) in [6, 6.07) is 31.1. The molecule has 5 rings (SSSR count). The van der Waals surface area contributed by atoms with E-state index in [0.717, 1.165) is 28.2 Å². The molecule has 40 heavy (non-hydrogen) atoms. The molecule has 4 nitrogen and oxygen atoms in total. The lowest BCUT2D eigenvalue weighted by molar-refractivity contribution is -0.137. The number of alkyl halides is 3. The summed E-state index contributed by atoms with van der Waals surface area (Å²) in [5, 5.41) is 3.04. The summed E-state index contributed by atoms with van der Waals surface area (Å²) >= 11 is 1.17. The van der Waals surface area contributed by atoms with Gasteiger partial charge >= 0.3 is 6.18 Å². The molecule has 4 aromatic rings. The maximum absolute atomic E-state index is 13.6. The first-order chi connectivity index (χ1) is 19.3. The number of hydrogen-bond donors (Lipinski definition) is 1. The van der Waals surface area contributed by atoms with Gasteiger partial charge in [0, 0.05) is 11.0 Å². The third-order valence-electron chi connectivity index (χ3n) is 6.49. The number of amides is 2. The summed E-state index contributed by atoms with van der Waals surface area (Å²) in [6.45, 7) is -0.0695. The van der Waals surface area contributed by atoms with E-state index in [2.05, 4.69) is 5.32 Å². The second-order valence-corrected chi connectivity index (χ2v) is 10.4. The summed E-state index contributed by atoms with van der Waals surface area (Å²) in [6.07, 6.45) is -2.65. The number of nitrogens with zero attached hydrogens (tertiary/aromatic N) is 1. The Hall–Kier alpha value is -4.30. The zero-order valence-corrected chi connectivity index (χ0v) is 22.1. The molecule has 0 bridgehead atoms. The highest BCUT2D eigenvalue weighted by Gasteiger charge is 2.32. The van der Waals surface area contributed by atoms with Gasteiger partial charge in [-0.25, -0.2) is 0 Å². The summed E-state index contributed by atoms with van der Waals surface area (Å²) in [5.41, 5.74) is 2.11. The Morgan fingerprint density at radius 2 is 1.50 bits per heavy atom. The molecule has 0 unspecified atom stereocenters. The first-order valence-electron chi connectivity index (χ1n) is 12.6. The van der Waals surface area contributed by atoms with Crippen LogP contribution in [-0.2, 0) is 28.7 Å². The number of fused-ring (bicyclic) bond motifs is 1. The van der Waals surface area contributed by atoms with E-state index in [1.807, 2.05) is 72.8 Å². The first kappa shape index (κ1) is 27.3. The number of carbonyl (C=O) groups is 2. The lowest BCUT2D eigenvalue weighted by atomic mass is 9.99. The lowest BCUT2D eigenvalue weighted by Gasteiger charge is -2.30. The average molecular weight is 559 g/mol. The van der Waals surface area contributed by atoms with Crippen LogP contribution in [0.1, 0.15) is 28.3 Å². The van der Waals surface area contributed by atoms with E-state index in [0.29, 0.717) is 17.7 Å². The van der Waals surface area contributed by atoms with Crippen LogP contribution in [-0.4, -0.2) is 11.8 Å². The van der Waals surface area contributed by atoms with E-state index < -0.39 is 23.6 Å². The molecule has 4 aromatic carbocycles. The highest BCUT2D eigenvalue weighted by atomic mass is 32.2. The highest BCUT2D eigenvalue weighted by molar-refractivity contribution is 8.04. The van der Waals surface area contributed by atoms with Crippen LogP contribution in [0.3, 0.4) is 0 Å². The number of para-hydroxylation sites is 1. The van der Waals surface area contributed by atoms with Crippen LogP contribution in [0.15, 0.2) is 125 Å². The second kappa shape index (κ2) is 11.8. The lowest BCUT2D eigenvalue weighted by Crippen LogP contribution is -2.35. The van der Waals surface area contributed by atoms with E-state index in [1.165, 1.54) is 28.8 Å². The minimum Gasteiger partial charge on any atom is -0.345 e. The van der Waals surface area contributed by atoms with Gasteiger partial charge in [-0.2, -0.15) is 13.2 Å². The molecule has 2 amide bonds. The molecular formula is C32H25F3N2O2S. The number of carbonyl (C=O) groups excluding carboxylic acids is 2. The van der Waals surface area contributed by atoms with Gasteiger partial charge in [0.2, 0.25) is 5.91 Å². The van der Waals surface area contributed by atoms with Crippen LogP contribution >= 0.6 is 11.8 Å². The van der Waals surface area contributed by atoms with E-state index in [1.54, 1.807) is 18.2 Å². The molecule has 0 aliphatic carbocycles. The molecule has 0 aromatic heterocycles. The van der Waals surface area contributed by atoms with Gasteiger partial charge in [0.1, 0.15) is 0 Å². The monoisotopic (exact) mass is 558 g/mol. The van der Waals surface area contributed by atoms with Crippen molar-refractivity contribution >= 4 is 29.3 Å². The summed E-state index contributed by atoms with van der Waals surface area (Å²) < 4.78 is 39.9. The molecule has 202 valence electrons. The quantitative estimate of drug-likeness (QED) is 0.242. The predicted molar refractivity (Wildman–Crippen MR) is 150 cm³/mol. The van der Waals surface area contributed by atoms with Crippen LogP contribution in [0.25, 0.3) is 0 Å². The number of hydrogen-bond acceptors (Lipinski definition) is 3. The smallest absolute Gasteiger partial charge is 0.345 e. The van der Waals surface area contributed by atoms with Gasteiger partial charge in [-0.05, 0) is 47.4 Å². The van der Waals surface area contributed by atoms with E-state index in [9.17, 15) is 22.8 Å². The number of rotatable bonds is 7. The minimum atomic E-state index is -4.49. The topological polar surface area (TPSA) is 49.4 Å². The first-order valence-corrected chi connectivity index (χ1v) is 13.5. The van der Waals surface area contributed by atoms with Crippen LogP contribution in [0.4, 0.5) is 18.9 Å². The summed E-state index contributed by atoms with van der Waals surface area (Å²) in [4.78, 5) is 29.2. The molecule has 1 N–H and O–H groups in total. The zero-order chi connectivity index (χ0) is 28.1. The van der Waals surface area contributed by atoms with Crippen molar-refractivity contribution < 1.29 is 22.8 Å². The SMILES string of the molecule is O=C(/C=C1/Sc2ccccc2N(Cc2cccc(C(F)(F)F)c2)C1=O)N[C@@H](Cc1ccccc1)c1ccccc1. The van der Waals surface area contributed by atoms with Gasteiger partial charge in [-0.1, -0.05) is 96.7 Å². The number of halogens is 3. The summed E-state index contributed by atoms with van der Waals surface area (Å²) in [5.74, 6) is -0.880. The minimum absolute atomic E-state index is 0.0695. The molecule has 8 heteroatoms. The normalized spacial score (nSPS) is 15.0. The Morgan fingerprint density at radius 3 is 2.23 bits per heavy atom. The van der Waals surface area contributed by atoms with Gasteiger partial charge in [0.05, 0.1) is 28.7 Å². The third-order valence-corrected chi connectivity index (χ3v) is 7.57. The largest absolute Gasteiger partial charge is 0.416 e. The fourth-order valence-electron chi connectivity index (χ4n) is 4.57. The third kappa shape index (κ3) is 6.46. The Morgan fingerprint density at radius 1 is 0.850 bits per heavy atom. The van der Waals surface area contributed by atoms with E-state index in [-0.39, 0.29) is 17.5 Å². The zero-order valence-electron chi connectivity index (χ0n) is 21.3. The molecule has 0 fully saturated rings. The Balaban J connectivity index is 1.41. The van der Waals surface area contributed by atoms with Crippen molar-refractivity contribution in [2.45, 2.75) is 30.1 Å². The second-order valence-electron chi connectivity index (χ2n) is 9.33. The maximum Gasteiger partial charge on any atom is 0.416 e. The standard InChI is InChI=1S/C32H25F3N2O2S/c33-32(34,35)25-15-9-12-23(18-25)21-37-27-16-7-8-17-28(27)40-29(31(37)39)20-30(38)36-26(24-13-5-2-6-14-24)19-22-10-3-1-4-11-22/h1-18,20,26H,19,21H2,(H,36,38)/b29-20+/t26-/m0/s1. The van der Waals surface area contributed by atoms with Crippen LogP contribution < -0.4 is 10.2 Å². The van der Waals surface area contributed by atoms with Crippen molar-refractivity contribution in [3.8, 4) is 0 Å². The fourth-order valence-corrected chi connectivity index (χ4v) is 5.60. The van der Waals surface area contributed by atoms with Crippen molar-refractivity contribution in [2.24, 2.45) is 0 Å². The van der Waals surface area contributed by atoms with Gasteiger partial charge in [0.15, 0.2) is 0 Å². The number of benzene rings is 4. The predicted octanol–water partition coefficient (Wildman–Crippen LogP) is 7.33. The molecule has 0 saturated carbocycles. The van der Waals surface area contributed by atoms with Crippen molar-refractivity contribution in [3.63, 3.8) is 0 Å². The molecule has 0 radical (unpaired) electrons. The Kier molecular flexibility index (Phi) is 8.07. The van der Waals surface area contributed by atoms with E-state index in [4.69, 9.17) is 0 Å². The Labute approximate surface area is 234 Å². The Bertz CT molecular complexity index is 1540. The van der Waals surface area contributed by atoms with Gasteiger partial charge in [0.25, 0.3) is 5.91 Å². The fraction of sp³-hybridized carbons (Fsp3) is 0.125. The average Bonchev–Trinajstić information content (AvgIpc) is 2.95.